The van der Waals surface area contributed by atoms with Gasteiger partial charge in [-0.05, 0) is 36.5 Å². The minimum Gasteiger partial charge on any atom is -0.497 e. The lowest BCUT2D eigenvalue weighted by atomic mass is 10.00. The number of likely N-dealkylation sites (tertiary alicyclic amines) is 1. The molecular formula is C17H27N3O3. The molecule has 2 rings (SSSR count). The van der Waals surface area contributed by atoms with Gasteiger partial charge in [0.15, 0.2) is 5.96 Å². The summed E-state index contributed by atoms with van der Waals surface area (Å²) in [6, 6.07) is 5.33. The summed E-state index contributed by atoms with van der Waals surface area (Å²) in [5.74, 6) is 2.53. The van der Waals surface area contributed by atoms with Crippen LogP contribution in [-0.4, -0.2) is 49.8 Å². The molecule has 1 atom stereocenters. The second-order valence-electron chi connectivity index (χ2n) is 6.03. The maximum Gasteiger partial charge on any atom is 0.191 e. The van der Waals surface area contributed by atoms with E-state index in [0.29, 0.717) is 23.0 Å². The fourth-order valence-corrected chi connectivity index (χ4v) is 2.64. The predicted molar refractivity (Wildman–Crippen MR) is 91.0 cm³/mol. The highest BCUT2D eigenvalue weighted by atomic mass is 16.5. The van der Waals surface area contributed by atoms with Crippen LogP contribution >= 0.6 is 0 Å². The molecule has 0 amide bonds. The molecule has 1 saturated heterocycles. The van der Waals surface area contributed by atoms with Gasteiger partial charge < -0.3 is 25.2 Å². The van der Waals surface area contributed by atoms with Crippen LogP contribution < -0.4 is 15.2 Å². The van der Waals surface area contributed by atoms with Gasteiger partial charge in [0, 0.05) is 19.2 Å². The van der Waals surface area contributed by atoms with Gasteiger partial charge in [0.25, 0.3) is 0 Å². The van der Waals surface area contributed by atoms with Crippen molar-refractivity contribution in [1.29, 1.82) is 0 Å². The number of aliphatic hydroxyl groups excluding tert-OH is 1. The summed E-state index contributed by atoms with van der Waals surface area (Å²) in [6.07, 6.45) is 1.51. The van der Waals surface area contributed by atoms with E-state index in [1.165, 1.54) is 0 Å². The molecule has 1 aliphatic rings. The van der Waals surface area contributed by atoms with E-state index in [2.05, 4.69) is 16.8 Å². The van der Waals surface area contributed by atoms with Gasteiger partial charge >= 0.3 is 0 Å². The highest BCUT2D eigenvalue weighted by Gasteiger charge is 2.17. The van der Waals surface area contributed by atoms with Gasteiger partial charge in [-0.25, -0.2) is 0 Å². The van der Waals surface area contributed by atoms with E-state index >= 15 is 0 Å². The van der Waals surface area contributed by atoms with E-state index in [1.807, 2.05) is 0 Å². The number of nitrogens with zero attached hydrogens (tertiary/aromatic N) is 2. The molecular weight excluding hydrogens is 294 g/mol. The minimum atomic E-state index is -0.749. The Kier molecular flexibility index (Phi) is 6.10. The van der Waals surface area contributed by atoms with E-state index in [4.69, 9.17) is 15.2 Å². The Morgan fingerprint density at radius 1 is 1.26 bits per heavy atom. The highest BCUT2D eigenvalue weighted by Crippen LogP contribution is 2.26. The summed E-state index contributed by atoms with van der Waals surface area (Å²) in [7, 11) is 3.16. The zero-order valence-corrected chi connectivity index (χ0v) is 14.2. The largest absolute Gasteiger partial charge is 0.497 e. The molecule has 23 heavy (non-hydrogen) atoms. The summed E-state index contributed by atoms with van der Waals surface area (Å²) in [5, 5.41) is 10.4. The fourth-order valence-electron chi connectivity index (χ4n) is 2.64. The lowest BCUT2D eigenvalue weighted by molar-refractivity contribution is 0.185. The molecule has 6 nitrogen and oxygen atoms in total. The van der Waals surface area contributed by atoms with Crippen LogP contribution in [0, 0.1) is 5.92 Å². The van der Waals surface area contributed by atoms with Crippen molar-refractivity contribution in [2.75, 3.05) is 33.9 Å². The van der Waals surface area contributed by atoms with Crippen molar-refractivity contribution in [3.05, 3.63) is 23.8 Å². The van der Waals surface area contributed by atoms with Crippen molar-refractivity contribution in [3.8, 4) is 11.5 Å². The first-order valence-electron chi connectivity index (χ1n) is 7.99. The lowest BCUT2D eigenvalue weighted by Gasteiger charge is -2.31. The Balaban J connectivity index is 2.00. The summed E-state index contributed by atoms with van der Waals surface area (Å²) in [4.78, 5) is 6.43. The van der Waals surface area contributed by atoms with Crippen molar-refractivity contribution in [2.45, 2.75) is 25.9 Å². The first kappa shape index (κ1) is 17.4. The molecule has 1 unspecified atom stereocenters. The molecule has 0 radical (unpaired) electrons. The molecule has 0 aromatic heterocycles. The number of nitrogens with two attached hydrogens (primary N) is 1. The Bertz CT molecular complexity index is 518. The van der Waals surface area contributed by atoms with E-state index in [0.717, 1.165) is 31.8 Å². The van der Waals surface area contributed by atoms with Crippen LogP contribution in [0.15, 0.2) is 23.2 Å². The van der Waals surface area contributed by atoms with Crippen LogP contribution in [0.1, 0.15) is 31.4 Å². The molecule has 3 N–H and O–H groups in total. The number of ether oxygens (including phenoxy) is 2. The van der Waals surface area contributed by atoms with Crippen molar-refractivity contribution in [3.63, 3.8) is 0 Å². The Morgan fingerprint density at radius 2 is 1.83 bits per heavy atom. The molecule has 0 aliphatic carbocycles. The topological polar surface area (TPSA) is 80.3 Å². The lowest BCUT2D eigenvalue weighted by Crippen LogP contribution is -2.42. The van der Waals surface area contributed by atoms with Crippen molar-refractivity contribution in [1.82, 2.24) is 4.90 Å². The van der Waals surface area contributed by atoms with Crippen molar-refractivity contribution < 1.29 is 14.6 Å². The average Bonchev–Trinajstić information content (AvgIpc) is 2.59. The number of hydrogen-bond acceptors (Lipinski definition) is 4. The van der Waals surface area contributed by atoms with Crippen LogP contribution in [0.5, 0.6) is 11.5 Å². The van der Waals surface area contributed by atoms with Crippen LogP contribution in [0.2, 0.25) is 0 Å². The quantitative estimate of drug-likeness (QED) is 0.638. The molecule has 1 aliphatic heterocycles. The summed E-state index contributed by atoms with van der Waals surface area (Å²) >= 11 is 0. The number of hydrogen-bond donors (Lipinski definition) is 2. The first-order chi connectivity index (χ1) is 11.0. The monoisotopic (exact) mass is 321 g/mol. The highest BCUT2D eigenvalue weighted by molar-refractivity contribution is 5.78. The van der Waals surface area contributed by atoms with Crippen molar-refractivity contribution in [2.24, 2.45) is 16.6 Å². The first-order valence-corrected chi connectivity index (χ1v) is 7.99. The number of benzene rings is 1. The van der Waals surface area contributed by atoms with E-state index < -0.39 is 6.10 Å². The minimum absolute atomic E-state index is 0.216. The number of aliphatic imine (C=N–C) groups is 1. The van der Waals surface area contributed by atoms with Crippen LogP contribution in [-0.2, 0) is 0 Å². The van der Waals surface area contributed by atoms with Gasteiger partial charge in [0.2, 0.25) is 0 Å². The third kappa shape index (κ3) is 4.76. The normalized spacial score (nSPS) is 17.9. The number of guanidine groups is 1. The van der Waals surface area contributed by atoms with Crippen LogP contribution in [0.4, 0.5) is 0 Å². The SMILES string of the molecule is COc1cc(OC)cc(C(O)CN=C(N)N2CCC(C)CC2)c1. The zero-order valence-electron chi connectivity index (χ0n) is 14.2. The van der Waals surface area contributed by atoms with Crippen molar-refractivity contribution >= 4 is 5.96 Å². The molecule has 1 heterocycles. The van der Waals surface area contributed by atoms with E-state index in [1.54, 1.807) is 32.4 Å². The second kappa shape index (κ2) is 8.06. The summed E-state index contributed by atoms with van der Waals surface area (Å²) in [6.45, 7) is 4.33. The smallest absolute Gasteiger partial charge is 0.191 e. The zero-order chi connectivity index (χ0) is 16.8. The molecule has 1 fully saturated rings. The second-order valence-corrected chi connectivity index (χ2v) is 6.03. The number of piperidine rings is 1. The van der Waals surface area contributed by atoms with E-state index in [-0.39, 0.29) is 6.54 Å². The van der Waals surface area contributed by atoms with Gasteiger partial charge in [-0.3, -0.25) is 4.99 Å². The molecule has 0 spiro atoms. The Morgan fingerprint density at radius 3 is 2.35 bits per heavy atom. The molecule has 1 aromatic rings. The standard InChI is InChI=1S/C17H27N3O3/c1-12-4-6-20(7-5-12)17(18)19-11-16(21)13-8-14(22-2)10-15(9-13)23-3/h8-10,12,16,21H,4-7,11H2,1-3H3,(H2,18,19). The van der Waals surface area contributed by atoms with Gasteiger partial charge in [0.1, 0.15) is 11.5 Å². The maximum absolute atomic E-state index is 10.4. The Hall–Kier alpha value is -1.95. The average molecular weight is 321 g/mol. The maximum atomic E-state index is 10.4. The third-order valence-electron chi connectivity index (χ3n) is 4.29. The molecule has 6 heteroatoms. The third-order valence-corrected chi connectivity index (χ3v) is 4.29. The molecule has 1 aromatic carbocycles. The van der Waals surface area contributed by atoms with E-state index in [9.17, 15) is 5.11 Å². The number of rotatable bonds is 5. The van der Waals surface area contributed by atoms with Gasteiger partial charge in [-0.1, -0.05) is 6.92 Å². The number of methoxy groups -OCH3 is 2. The van der Waals surface area contributed by atoms with Gasteiger partial charge in [-0.15, -0.1) is 0 Å². The van der Waals surface area contributed by atoms with Gasteiger partial charge in [0.05, 0.1) is 26.9 Å². The van der Waals surface area contributed by atoms with Crippen LogP contribution in [0.3, 0.4) is 0 Å². The fraction of sp³-hybridized carbons (Fsp3) is 0.588. The van der Waals surface area contributed by atoms with Crippen LogP contribution in [0.25, 0.3) is 0 Å². The number of aliphatic hydroxyl groups is 1. The summed E-state index contributed by atoms with van der Waals surface area (Å²) < 4.78 is 10.4. The molecule has 128 valence electrons. The molecule has 0 bridgehead atoms. The Labute approximate surface area is 137 Å². The predicted octanol–water partition coefficient (Wildman–Crippen LogP) is 1.78. The summed E-state index contributed by atoms with van der Waals surface area (Å²) in [5.41, 5.74) is 6.75. The van der Waals surface area contributed by atoms with Gasteiger partial charge in [-0.2, -0.15) is 0 Å². The molecule has 0 saturated carbocycles.